The number of rotatable bonds is 6. The van der Waals surface area contributed by atoms with Crippen LogP contribution in [-0.2, 0) is 0 Å². The first-order valence-electron chi connectivity index (χ1n) is 7.50. The van der Waals surface area contributed by atoms with Crippen LogP contribution in [0.4, 0.5) is 0 Å². The van der Waals surface area contributed by atoms with Gasteiger partial charge >= 0.3 is 0 Å². The maximum Gasteiger partial charge on any atom is 0.260 e. The molecule has 1 amide bonds. The molecule has 1 aliphatic heterocycles. The first-order valence-corrected chi connectivity index (χ1v) is 7.50. The zero-order chi connectivity index (χ0) is 16.9. The van der Waals surface area contributed by atoms with Crippen molar-refractivity contribution in [2.24, 2.45) is 0 Å². The summed E-state index contributed by atoms with van der Waals surface area (Å²) in [6.07, 6.45) is 0.743. The molecule has 3 rings (SSSR count). The molecule has 6 heteroatoms. The number of ether oxygens (including phenoxy) is 3. The van der Waals surface area contributed by atoms with Crippen molar-refractivity contribution in [2.75, 3.05) is 27.0 Å². The molecule has 0 N–H and O–H groups in total. The van der Waals surface area contributed by atoms with Gasteiger partial charge in [-0.1, -0.05) is 12.1 Å². The number of aldehydes is 1. The van der Waals surface area contributed by atoms with Crippen LogP contribution in [0.25, 0.3) is 0 Å². The van der Waals surface area contributed by atoms with Crippen LogP contribution < -0.4 is 14.2 Å². The summed E-state index contributed by atoms with van der Waals surface area (Å²) in [7, 11) is 1.55. The van der Waals surface area contributed by atoms with E-state index in [9.17, 15) is 9.59 Å². The highest BCUT2D eigenvalue weighted by atomic mass is 16.5. The molecule has 0 fully saturated rings. The van der Waals surface area contributed by atoms with Crippen molar-refractivity contribution in [1.29, 1.82) is 0 Å². The second-order valence-corrected chi connectivity index (χ2v) is 5.21. The van der Waals surface area contributed by atoms with Gasteiger partial charge in [-0.25, -0.2) is 0 Å². The molecule has 0 saturated carbocycles. The van der Waals surface area contributed by atoms with Crippen molar-refractivity contribution in [3.63, 3.8) is 0 Å². The van der Waals surface area contributed by atoms with E-state index in [0.717, 1.165) is 6.29 Å². The lowest BCUT2D eigenvalue weighted by molar-refractivity contribution is 0.0480. The topological polar surface area (TPSA) is 65.1 Å². The molecule has 2 aromatic rings. The number of nitrogens with zero attached hydrogens (tertiary/aromatic N) is 1. The minimum Gasteiger partial charge on any atom is -0.497 e. The van der Waals surface area contributed by atoms with Crippen LogP contribution in [0.1, 0.15) is 20.7 Å². The van der Waals surface area contributed by atoms with Gasteiger partial charge in [0.2, 0.25) is 0 Å². The number of methoxy groups -OCH3 is 1. The quantitative estimate of drug-likeness (QED) is 0.762. The average Bonchev–Trinajstić information content (AvgIpc) is 2.63. The van der Waals surface area contributed by atoms with Crippen molar-refractivity contribution < 1.29 is 23.8 Å². The van der Waals surface area contributed by atoms with Crippen LogP contribution in [0.15, 0.2) is 42.5 Å². The van der Waals surface area contributed by atoms with Crippen LogP contribution >= 0.6 is 0 Å². The van der Waals surface area contributed by atoms with Crippen LogP contribution in [0.5, 0.6) is 17.2 Å². The summed E-state index contributed by atoms with van der Waals surface area (Å²) in [4.78, 5) is 25.0. The predicted molar refractivity (Wildman–Crippen MR) is 86.9 cm³/mol. The third-order valence-corrected chi connectivity index (χ3v) is 3.74. The molecule has 1 heterocycles. The Bertz CT molecular complexity index is 759. The molecule has 0 atom stereocenters. The average molecular weight is 327 g/mol. The van der Waals surface area contributed by atoms with Crippen LogP contribution in [0.3, 0.4) is 0 Å². The molecule has 0 saturated heterocycles. The SMILES string of the molecule is COc1ccc2c(c1)C(=O)N(CCOc1ccccc1C=O)CO2. The van der Waals surface area contributed by atoms with E-state index < -0.39 is 0 Å². The van der Waals surface area contributed by atoms with Gasteiger partial charge in [0.25, 0.3) is 5.91 Å². The van der Waals surface area contributed by atoms with Gasteiger partial charge in [0.15, 0.2) is 13.0 Å². The number of amides is 1. The van der Waals surface area contributed by atoms with Gasteiger partial charge in [-0.2, -0.15) is 0 Å². The van der Waals surface area contributed by atoms with Crippen LogP contribution in [0, 0.1) is 0 Å². The lowest BCUT2D eigenvalue weighted by Gasteiger charge is -2.28. The summed E-state index contributed by atoms with van der Waals surface area (Å²) < 4.78 is 16.3. The smallest absolute Gasteiger partial charge is 0.260 e. The van der Waals surface area contributed by atoms with Crippen LogP contribution in [-0.4, -0.2) is 44.1 Å². The number of hydrogen-bond donors (Lipinski definition) is 0. The Morgan fingerprint density at radius 2 is 2.08 bits per heavy atom. The summed E-state index contributed by atoms with van der Waals surface area (Å²) in [6.45, 7) is 0.777. The van der Waals surface area contributed by atoms with Gasteiger partial charge in [-0.05, 0) is 30.3 Å². The summed E-state index contributed by atoms with van der Waals surface area (Å²) >= 11 is 0. The number of benzene rings is 2. The molecule has 0 unspecified atom stereocenters. The molecule has 24 heavy (non-hydrogen) atoms. The molecule has 1 aliphatic rings. The Labute approximate surface area is 139 Å². The summed E-state index contributed by atoms with van der Waals surface area (Å²) in [5.74, 6) is 1.51. The molecule has 0 aliphatic carbocycles. The monoisotopic (exact) mass is 327 g/mol. The van der Waals surface area contributed by atoms with E-state index >= 15 is 0 Å². The van der Waals surface area contributed by atoms with E-state index in [0.29, 0.717) is 34.9 Å². The van der Waals surface area contributed by atoms with Gasteiger partial charge in [-0.3, -0.25) is 9.59 Å². The van der Waals surface area contributed by atoms with Crippen molar-refractivity contribution >= 4 is 12.2 Å². The lowest BCUT2D eigenvalue weighted by Crippen LogP contribution is -2.41. The Morgan fingerprint density at radius 1 is 1.25 bits per heavy atom. The van der Waals surface area contributed by atoms with E-state index in [1.807, 2.05) is 0 Å². The van der Waals surface area contributed by atoms with E-state index in [1.54, 1.807) is 54.5 Å². The first kappa shape index (κ1) is 15.9. The van der Waals surface area contributed by atoms with E-state index in [1.165, 1.54) is 0 Å². The standard InChI is InChI=1S/C18H17NO5/c1-22-14-6-7-17-15(10-14)18(21)19(12-24-17)8-9-23-16-5-3-2-4-13(16)11-20/h2-7,10-11H,8-9,12H2,1H3. The zero-order valence-electron chi connectivity index (χ0n) is 13.2. The zero-order valence-corrected chi connectivity index (χ0v) is 13.2. The number of fused-ring (bicyclic) bond motifs is 1. The van der Waals surface area contributed by atoms with Crippen molar-refractivity contribution in [2.45, 2.75) is 0 Å². The lowest BCUT2D eigenvalue weighted by atomic mass is 10.1. The Balaban J connectivity index is 1.64. The largest absolute Gasteiger partial charge is 0.497 e. The minimum atomic E-state index is -0.137. The number of para-hydroxylation sites is 1. The highest BCUT2D eigenvalue weighted by Crippen LogP contribution is 2.28. The predicted octanol–water partition coefficient (Wildman–Crippen LogP) is 2.38. The van der Waals surface area contributed by atoms with Crippen molar-refractivity contribution in [3.05, 3.63) is 53.6 Å². The van der Waals surface area contributed by atoms with Crippen molar-refractivity contribution in [1.82, 2.24) is 4.90 Å². The number of hydrogen-bond acceptors (Lipinski definition) is 5. The third kappa shape index (κ3) is 3.17. The van der Waals surface area contributed by atoms with E-state index in [-0.39, 0.29) is 19.2 Å². The molecule has 124 valence electrons. The highest BCUT2D eigenvalue weighted by molar-refractivity contribution is 5.98. The van der Waals surface area contributed by atoms with Gasteiger partial charge in [0.1, 0.15) is 23.9 Å². The third-order valence-electron chi connectivity index (χ3n) is 3.74. The van der Waals surface area contributed by atoms with Gasteiger partial charge in [0, 0.05) is 0 Å². The number of carbonyl (C=O) groups is 2. The normalized spacial score (nSPS) is 13.0. The fraction of sp³-hybridized carbons (Fsp3) is 0.222. The summed E-state index contributed by atoms with van der Waals surface area (Å²) in [5, 5.41) is 0. The maximum atomic E-state index is 12.5. The summed E-state index contributed by atoms with van der Waals surface area (Å²) in [5.41, 5.74) is 0.947. The second-order valence-electron chi connectivity index (χ2n) is 5.21. The first-order chi connectivity index (χ1) is 11.7. The molecular weight excluding hydrogens is 310 g/mol. The number of carbonyl (C=O) groups excluding carboxylic acids is 2. The Hall–Kier alpha value is -3.02. The second kappa shape index (κ2) is 7.04. The fourth-order valence-corrected chi connectivity index (χ4v) is 2.45. The van der Waals surface area contributed by atoms with E-state index in [4.69, 9.17) is 14.2 Å². The van der Waals surface area contributed by atoms with Crippen LogP contribution in [0.2, 0.25) is 0 Å². The molecule has 6 nitrogen and oxygen atoms in total. The summed E-state index contributed by atoms with van der Waals surface area (Å²) in [6, 6.07) is 12.1. The van der Waals surface area contributed by atoms with Gasteiger partial charge < -0.3 is 19.1 Å². The van der Waals surface area contributed by atoms with Crippen molar-refractivity contribution in [3.8, 4) is 17.2 Å². The molecule has 0 bridgehead atoms. The molecule has 0 spiro atoms. The molecule has 2 aromatic carbocycles. The fourth-order valence-electron chi connectivity index (χ4n) is 2.45. The van der Waals surface area contributed by atoms with E-state index in [2.05, 4.69) is 0 Å². The molecular formula is C18H17NO5. The molecule has 0 radical (unpaired) electrons. The molecule has 0 aromatic heterocycles. The Kier molecular flexibility index (Phi) is 4.65. The van der Waals surface area contributed by atoms with Gasteiger partial charge in [0.05, 0.1) is 24.8 Å². The Morgan fingerprint density at radius 3 is 2.88 bits per heavy atom. The maximum absolute atomic E-state index is 12.5. The minimum absolute atomic E-state index is 0.137. The van der Waals surface area contributed by atoms with Gasteiger partial charge in [-0.15, -0.1) is 0 Å². The highest BCUT2D eigenvalue weighted by Gasteiger charge is 2.26.